The number of likely N-dealkylation sites (tertiary alicyclic amines) is 1. The minimum absolute atomic E-state index is 0.148. The first-order valence-electron chi connectivity index (χ1n) is 9.84. The third-order valence-electron chi connectivity index (χ3n) is 5.84. The molecule has 0 radical (unpaired) electrons. The number of hydrogen-bond donors (Lipinski definition) is 2. The predicted molar refractivity (Wildman–Crippen MR) is 97.8 cm³/mol. The molecule has 4 nitrogen and oxygen atoms in total. The van der Waals surface area contributed by atoms with Crippen molar-refractivity contribution in [3.05, 3.63) is 29.8 Å². The molecule has 1 saturated heterocycles. The van der Waals surface area contributed by atoms with Crippen LogP contribution in [-0.4, -0.2) is 46.3 Å². The Kier molecular flexibility index (Phi) is 6.42. The molecule has 0 aromatic carbocycles. The third kappa shape index (κ3) is 4.78. The van der Waals surface area contributed by atoms with Gasteiger partial charge in [-0.3, -0.25) is 9.88 Å². The molecule has 2 fully saturated rings. The fraction of sp³-hybridized carbons (Fsp3) is 0.750. The Hall–Kier alpha value is -1.04. The van der Waals surface area contributed by atoms with Crippen LogP contribution in [0.15, 0.2) is 18.3 Å². The molecule has 5 heteroatoms. The van der Waals surface area contributed by atoms with E-state index in [1.54, 1.807) is 6.07 Å². The summed E-state index contributed by atoms with van der Waals surface area (Å²) >= 11 is 0. The Bertz CT molecular complexity index is 528. The molecule has 3 rings (SSSR count). The summed E-state index contributed by atoms with van der Waals surface area (Å²) in [5, 5.41) is 14.0. The molecule has 1 aromatic rings. The van der Waals surface area contributed by atoms with Gasteiger partial charge in [0.15, 0.2) is 0 Å². The van der Waals surface area contributed by atoms with Gasteiger partial charge in [0.1, 0.15) is 5.82 Å². The Labute approximate surface area is 150 Å². The van der Waals surface area contributed by atoms with Gasteiger partial charge in [-0.2, -0.15) is 0 Å². The van der Waals surface area contributed by atoms with Gasteiger partial charge in [0, 0.05) is 25.2 Å². The Morgan fingerprint density at radius 3 is 2.48 bits per heavy atom. The van der Waals surface area contributed by atoms with Gasteiger partial charge in [0.2, 0.25) is 0 Å². The molecule has 1 aromatic heterocycles. The zero-order valence-corrected chi connectivity index (χ0v) is 15.5. The highest BCUT2D eigenvalue weighted by atomic mass is 19.1. The SMILES string of the molecule is CC(C)C(NC1CCN(C2CCCCC2O)CC1)c1ccc(F)cn1. The first kappa shape index (κ1) is 18.7. The van der Waals surface area contributed by atoms with Gasteiger partial charge in [-0.1, -0.05) is 26.7 Å². The average molecular weight is 349 g/mol. The number of halogens is 1. The summed E-state index contributed by atoms with van der Waals surface area (Å²) in [5.74, 6) is 0.113. The van der Waals surface area contributed by atoms with Gasteiger partial charge in [-0.25, -0.2) is 4.39 Å². The average Bonchev–Trinajstić information content (AvgIpc) is 2.61. The Morgan fingerprint density at radius 1 is 1.16 bits per heavy atom. The number of hydrogen-bond acceptors (Lipinski definition) is 4. The van der Waals surface area contributed by atoms with Crippen molar-refractivity contribution in [2.24, 2.45) is 5.92 Å². The van der Waals surface area contributed by atoms with Gasteiger partial charge >= 0.3 is 0 Å². The van der Waals surface area contributed by atoms with Crippen LogP contribution < -0.4 is 5.32 Å². The molecule has 2 aliphatic rings. The fourth-order valence-corrected chi connectivity index (χ4v) is 4.36. The van der Waals surface area contributed by atoms with E-state index in [1.807, 2.05) is 0 Å². The molecule has 0 amide bonds. The first-order valence-corrected chi connectivity index (χ1v) is 9.84. The lowest BCUT2D eigenvalue weighted by atomic mass is 9.89. The van der Waals surface area contributed by atoms with Gasteiger partial charge in [0.25, 0.3) is 0 Å². The van der Waals surface area contributed by atoms with Crippen LogP contribution in [0.4, 0.5) is 4.39 Å². The number of aliphatic hydroxyl groups excluding tert-OH is 1. The minimum Gasteiger partial charge on any atom is -0.391 e. The standard InChI is InChI=1S/C20H32FN3O/c1-14(2)20(17-8-7-15(21)13-22-17)23-16-9-11-24(12-10-16)18-5-3-4-6-19(18)25/h7-8,13-14,16,18-20,23,25H,3-6,9-12H2,1-2H3. The summed E-state index contributed by atoms with van der Waals surface area (Å²) in [6.45, 7) is 6.44. The summed E-state index contributed by atoms with van der Waals surface area (Å²) in [6.07, 6.45) is 7.83. The molecular weight excluding hydrogens is 317 g/mol. The molecular formula is C20H32FN3O. The second kappa shape index (κ2) is 8.56. The van der Waals surface area contributed by atoms with Crippen molar-refractivity contribution >= 4 is 0 Å². The normalized spacial score (nSPS) is 27.6. The summed E-state index contributed by atoms with van der Waals surface area (Å²) < 4.78 is 13.2. The summed E-state index contributed by atoms with van der Waals surface area (Å²) in [5.41, 5.74) is 0.918. The zero-order chi connectivity index (χ0) is 17.8. The van der Waals surface area contributed by atoms with Crippen LogP contribution in [0.1, 0.15) is 64.1 Å². The largest absolute Gasteiger partial charge is 0.391 e. The van der Waals surface area contributed by atoms with Crippen LogP contribution in [-0.2, 0) is 0 Å². The van der Waals surface area contributed by atoms with Crippen molar-refractivity contribution in [3.63, 3.8) is 0 Å². The van der Waals surface area contributed by atoms with E-state index >= 15 is 0 Å². The number of nitrogens with one attached hydrogen (secondary N) is 1. The van der Waals surface area contributed by atoms with Crippen molar-refractivity contribution in [3.8, 4) is 0 Å². The van der Waals surface area contributed by atoms with Crippen molar-refractivity contribution in [1.29, 1.82) is 0 Å². The van der Waals surface area contributed by atoms with Crippen molar-refractivity contribution < 1.29 is 9.50 Å². The van der Waals surface area contributed by atoms with Crippen LogP contribution in [0.2, 0.25) is 0 Å². The number of rotatable bonds is 5. The van der Waals surface area contributed by atoms with Crippen molar-refractivity contribution in [1.82, 2.24) is 15.2 Å². The van der Waals surface area contributed by atoms with Gasteiger partial charge in [0.05, 0.1) is 24.0 Å². The van der Waals surface area contributed by atoms with E-state index < -0.39 is 0 Å². The quantitative estimate of drug-likeness (QED) is 0.856. The van der Waals surface area contributed by atoms with Gasteiger partial charge in [-0.15, -0.1) is 0 Å². The molecule has 0 bridgehead atoms. The molecule has 25 heavy (non-hydrogen) atoms. The van der Waals surface area contributed by atoms with E-state index in [-0.39, 0.29) is 18.0 Å². The highest BCUT2D eigenvalue weighted by Crippen LogP contribution is 2.27. The topological polar surface area (TPSA) is 48.4 Å². The minimum atomic E-state index is -0.286. The summed E-state index contributed by atoms with van der Waals surface area (Å²) in [4.78, 5) is 6.77. The molecule has 2 heterocycles. The first-order chi connectivity index (χ1) is 12.0. The lowest BCUT2D eigenvalue weighted by molar-refractivity contribution is 0.00623. The van der Waals surface area contributed by atoms with Crippen molar-refractivity contribution in [2.45, 2.75) is 76.6 Å². The Balaban J connectivity index is 1.55. The molecule has 0 spiro atoms. The maximum absolute atomic E-state index is 13.2. The summed E-state index contributed by atoms with van der Waals surface area (Å²) in [6, 6.07) is 4.25. The second-order valence-electron chi connectivity index (χ2n) is 8.02. The zero-order valence-electron chi connectivity index (χ0n) is 15.5. The molecule has 2 N–H and O–H groups in total. The molecule has 1 saturated carbocycles. The van der Waals surface area contributed by atoms with Gasteiger partial charge < -0.3 is 10.4 Å². The number of piperidine rings is 1. The molecule has 1 aliphatic carbocycles. The third-order valence-corrected chi connectivity index (χ3v) is 5.84. The highest BCUT2D eigenvalue weighted by Gasteiger charge is 2.32. The van der Waals surface area contributed by atoms with Crippen LogP contribution in [0.3, 0.4) is 0 Å². The van der Waals surface area contributed by atoms with Crippen LogP contribution in [0.5, 0.6) is 0 Å². The van der Waals surface area contributed by atoms with Crippen molar-refractivity contribution in [2.75, 3.05) is 13.1 Å². The lowest BCUT2D eigenvalue weighted by Crippen LogP contribution is -2.52. The maximum Gasteiger partial charge on any atom is 0.141 e. The molecule has 140 valence electrons. The number of aliphatic hydroxyl groups is 1. The van der Waals surface area contributed by atoms with E-state index in [0.29, 0.717) is 18.0 Å². The second-order valence-corrected chi connectivity index (χ2v) is 8.02. The smallest absolute Gasteiger partial charge is 0.141 e. The summed E-state index contributed by atoms with van der Waals surface area (Å²) in [7, 11) is 0. The van der Waals surface area contributed by atoms with E-state index in [4.69, 9.17) is 0 Å². The van der Waals surface area contributed by atoms with Crippen LogP contribution in [0, 0.1) is 11.7 Å². The predicted octanol–water partition coefficient (Wildman–Crippen LogP) is 3.28. The number of pyridine rings is 1. The maximum atomic E-state index is 13.2. The lowest BCUT2D eigenvalue weighted by Gasteiger charge is -2.42. The molecule has 1 aliphatic heterocycles. The number of nitrogens with zero attached hydrogens (tertiary/aromatic N) is 2. The number of aromatic nitrogens is 1. The van der Waals surface area contributed by atoms with E-state index in [1.165, 1.54) is 18.7 Å². The molecule has 3 unspecified atom stereocenters. The van der Waals surface area contributed by atoms with E-state index in [2.05, 4.69) is 29.0 Å². The van der Waals surface area contributed by atoms with Crippen LogP contribution >= 0.6 is 0 Å². The van der Waals surface area contributed by atoms with E-state index in [9.17, 15) is 9.50 Å². The fourth-order valence-electron chi connectivity index (χ4n) is 4.36. The van der Waals surface area contributed by atoms with Crippen LogP contribution in [0.25, 0.3) is 0 Å². The monoisotopic (exact) mass is 349 g/mol. The van der Waals surface area contributed by atoms with Gasteiger partial charge in [-0.05, 0) is 43.7 Å². The van der Waals surface area contributed by atoms with E-state index in [0.717, 1.165) is 50.9 Å². The Morgan fingerprint density at radius 2 is 1.88 bits per heavy atom. The molecule has 3 atom stereocenters. The highest BCUT2D eigenvalue weighted by molar-refractivity contribution is 5.11.